The van der Waals surface area contributed by atoms with Crippen molar-refractivity contribution in [1.29, 1.82) is 0 Å². The van der Waals surface area contributed by atoms with Gasteiger partial charge in [-0.25, -0.2) is 4.98 Å². The lowest BCUT2D eigenvalue weighted by molar-refractivity contribution is 0.0951. The number of benzene rings is 1. The van der Waals surface area contributed by atoms with E-state index in [2.05, 4.69) is 15.3 Å². The van der Waals surface area contributed by atoms with Gasteiger partial charge in [0.25, 0.3) is 5.91 Å². The Bertz CT molecular complexity index is 513. The van der Waals surface area contributed by atoms with Crippen LogP contribution in [0, 0.1) is 0 Å². The fourth-order valence-electron chi connectivity index (χ4n) is 1.57. The van der Waals surface area contributed by atoms with Crippen LogP contribution in [0.4, 0.5) is 0 Å². The molecule has 2 N–H and O–H groups in total. The highest BCUT2D eigenvalue weighted by Crippen LogP contribution is 2.20. The zero-order valence-corrected chi connectivity index (χ0v) is 8.16. The minimum Gasteiger partial charge on any atom is -0.349 e. The quantitative estimate of drug-likeness (QED) is 0.772. The lowest BCUT2D eigenvalue weighted by Gasteiger charge is -2.02. The van der Waals surface area contributed by atoms with Crippen molar-refractivity contribution in [3.05, 3.63) is 30.1 Å². The van der Waals surface area contributed by atoms with E-state index < -0.39 is 0 Å². The number of carbonyl (C=O) groups excluding carboxylic acids is 1. The van der Waals surface area contributed by atoms with Crippen LogP contribution in [0.15, 0.2) is 24.5 Å². The number of aromatic nitrogens is 2. The number of carbonyl (C=O) groups is 1. The third kappa shape index (κ3) is 1.58. The highest BCUT2D eigenvalue weighted by molar-refractivity contribution is 5.97. The number of nitrogens with one attached hydrogen (secondary N) is 2. The summed E-state index contributed by atoms with van der Waals surface area (Å²) in [5, 5.41) is 2.95. The topological polar surface area (TPSA) is 57.8 Å². The molecule has 76 valence electrons. The molecule has 1 heterocycles. The summed E-state index contributed by atoms with van der Waals surface area (Å²) in [5.41, 5.74) is 2.48. The predicted molar refractivity (Wildman–Crippen MR) is 56.6 cm³/mol. The maximum absolute atomic E-state index is 11.7. The van der Waals surface area contributed by atoms with Gasteiger partial charge in [0.05, 0.1) is 17.4 Å². The Morgan fingerprint density at radius 3 is 3.13 bits per heavy atom. The molecule has 3 rings (SSSR count). The smallest absolute Gasteiger partial charge is 0.251 e. The molecule has 1 saturated carbocycles. The van der Waals surface area contributed by atoms with Crippen molar-refractivity contribution in [2.24, 2.45) is 0 Å². The van der Waals surface area contributed by atoms with E-state index in [0.717, 1.165) is 23.9 Å². The molecule has 1 fully saturated rings. The van der Waals surface area contributed by atoms with Crippen molar-refractivity contribution in [2.45, 2.75) is 18.9 Å². The number of fused-ring (bicyclic) bond motifs is 1. The molecular formula is C11H11N3O. The first-order valence-electron chi connectivity index (χ1n) is 5.07. The number of hydrogen-bond acceptors (Lipinski definition) is 2. The number of amides is 1. The first-order chi connectivity index (χ1) is 7.33. The Balaban J connectivity index is 1.91. The maximum Gasteiger partial charge on any atom is 0.251 e. The van der Waals surface area contributed by atoms with Gasteiger partial charge < -0.3 is 10.3 Å². The van der Waals surface area contributed by atoms with Gasteiger partial charge in [-0.1, -0.05) is 0 Å². The fourth-order valence-corrected chi connectivity index (χ4v) is 1.57. The summed E-state index contributed by atoms with van der Waals surface area (Å²) in [6, 6.07) is 5.89. The van der Waals surface area contributed by atoms with E-state index in [0.29, 0.717) is 11.6 Å². The summed E-state index contributed by atoms with van der Waals surface area (Å²) in [6.45, 7) is 0. The molecule has 0 aliphatic heterocycles. The van der Waals surface area contributed by atoms with Crippen LogP contribution in [0.5, 0.6) is 0 Å². The molecule has 4 heteroatoms. The van der Waals surface area contributed by atoms with Crippen LogP contribution in [0.3, 0.4) is 0 Å². The Hall–Kier alpha value is -1.84. The number of aromatic amines is 1. The molecule has 1 amide bonds. The second-order valence-electron chi connectivity index (χ2n) is 3.88. The summed E-state index contributed by atoms with van der Waals surface area (Å²) in [4.78, 5) is 18.8. The highest BCUT2D eigenvalue weighted by atomic mass is 16.1. The third-order valence-electron chi connectivity index (χ3n) is 2.59. The lowest BCUT2D eigenvalue weighted by atomic mass is 10.2. The normalized spacial score (nSPS) is 15.5. The van der Waals surface area contributed by atoms with Crippen LogP contribution < -0.4 is 5.32 Å². The first-order valence-corrected chi connectivity index (χ1v) is 5.07. The SMILES string of the molecule is O=C(NC1CC1)c1ccc2nc[nH]c2c1. The fraction of sp³-hybridized carbons (Fsp3) is 0.273. The molecule has 0 saturated heterocycles. The van der Waals surface area contributed by atoms with Gasteiger partial charge >= 0.3 is 0 Å². The van der Waals surface area contributed by atoms with E-state index in [1.54, 1.807) is 12.4 Å². The third-order valence-corrected chi connectivity index (χ3v) is 2.59. The van der Waals surface area contributed by atoms with Crippen molar-refractivity contribution >= 4 is 16.9 Å². The van der Waals surface area contributed by atoms with Crippen molar-refractivity contribution in [2.75, 3.05) is 0 Å². The minimum atomic E-state index is 0.00833. The Morgan fingerprint density at radius 2 is 2.33 bits per heavy atom. The van der Waals surface area contributed by atoms with Gasteiger partial charge in [-0.05, 0) is 31.0 Å². The molecule has 15 heavy (non-hydrogen) atoms. The standard InChI is InChI=1S/C11H11N3O/c15-11(14-8-2-3-8)7-1-4-9-10(5-7)13-6-12-9/h1,4-6,8H,2-3H2,(H,12,13)(H,14,15). The van der Waals surface area contributed by atoms with Gasteiger partial charge in [0.2, 0.25) is 0 Å². The highest BCUT2D eigenvalue weighted by Gasteiger charge is 2.23. The van der Waals surface area contributed by atoms with Crippen molar-refractivity contribution in [3.63, 3.8) is 0 Å². The lowest BCUT2D eigenvalue weighted by Crippen LogP contribution is -2.25. The molecule has 0 spiro atoms. The molecule has 0 bridgehead atoms. The molecule has 4 nitrogen and oxygen atoms in total. The molecular weight excluding hydrogens is 190 g/mol. The number of nitrogens with zero attached hydrogens (tertiary/aromatic N) is 1. The number of H-pyrrole nitrogens is 1. The first kappa shape index (κ1) is 8.47. The van der Waals surface area contributed by atoms with Gasteiger partial charge in [0, 0.05) is 11.6 Å². The average molecular weight is 201 g/mol. The van der Waals surface area contributed by atoms with Gasteiger partial charge in [-0.2, -0.15) is 0 Å². The second-order valence-corrected chi connectivity index (χ2v) is 3.88. The van der Waals surface area contributed by atoms with Crippen LogP contribution >= 0.6 is 0 Å². The minimum absolute atomic E-state index is 0.00833. The van der Waals surface area contributed by atoms with Crippen LogP contribution in [0.25, 0.3) is 11.0 Å². The van der Waals surface area contributed by atoms with Crippen LogP contribution in [0.2, 0.25) is 0 Å². The molecule has 1 aliphatic rings. The molecule has 0 radical (unpaired) electrons. The molecule has 0 unspecified atom stereocenters. The summed E-state index contributed by atoms with van der Waals surface area (Å²) in [6.07, 6.45) is 3.85. The molecule has 1 aromatic carbocycles. The molecule has 1 aromatic heterocycles. The maximum atomic E-state index is 11.7. The van der Waals surface area contributed by atoms with E-state index in [9.17, 15) is 4.79 Å². The average Bonchev–Trinajstić information content (AvgIpc) is 2.94. The summed E-state index contributed by atoms with van der Waals surface area (Å²) in [5.74, 6) is 0.00833. The van der Waals surface area contributed by atoms with Crippen LogP contribution in [-0.4, -0.2) is 21.9 Å². The van der Waals surface area contributed by atoms with Crippen LogP contribution in [0.1, 0.15) is 23.2 Å². The predicted octanol–water partition coefficient (Wildman–Crippen LogP) is 1.46. The molecule has 1 aliphatic carbocycles. The van der Waals surface area contributed by atoms with Gasteiger partial charge in [0.15, 0.2) is 0 Å². The Kier molecular flexibility index (Phi) is 1.74. The zero-order chi connectivity index (χ0) is 10.3. The number of hydrogen-bond donors (Lipinski definition) is 2. The molecule has 0 atom stereocenters. The van der Waals surface area contributed by atoms with Gasteiger partial charge in [0.1, 0.15) is 0 Å². The van der Waals surface area contributed by atoms with E-state index in [1.165, 1.54) is 0 Å². The summed E-state index contributed by atoms with van der Waals surface area (Å²) < 4.78 is 0. The van der Waals surface area contributed by atoms with Gasteiger partial charge in [-0.3, -0.25) is 4.79 Å². The van der Waals surface area contributed by atoms with Crippen LogP contribution in [-0.2, 0) is 0 Å². The zero-order valence-electron chi connectivity index (χ0n) is 8.16. The van der Waals surface area contributed by atoms with Gasteiger partial charge in [-0.15, -0.1) is 0 Å². The van der Waals surface area contributed by atoms with E-state index in [-0.39, 0.29) is 5.91 Å². The molecule has 2 aromatic rings. The van der Waals surface area contributed by atoms with E-state index in [1.807, 2.05) is 12.1 Å². The largest absolute Gasteiger partial charge is 0.349 e. The Morgan fingerprint density at radius 1 is 1.47 bits per heavy atom. The number of imidazole rings is 1. The summed E-state index contributed by atoms with van der Waals surface area (Å²) >= 11 is 0. The monoisotopic (exact) mass is 201 g/mol. The van der Waals surface area contributed by atoms with Crippen molar-refractivity contribution < 1.29 is 4.79 Å². The second kappa shape index (κ2) is 3.08. The van der Waals surface area contributed by atoms with E-state index in [4.69, 9.17) is 0 Å². The number of rotatable bonds is 2. The van der Waals surface area contributed by atoms with E-state index >= 15 is 0 Å². The van der Waals surface area contributed by atoms with Crippen molar-refractivity contribution in [3.8, 4) is 0 Å². The summed E-state index contributed by atoms with van der Waals surface area (Å²) in [7, 11) is 0. The van der Waals surface area contributed by atoms with Crippen molar-refractivity contribution in [1.82, 2.24) is 15.3 Å². The Labute approximate surface area is 86.7 Å².